The van der Waals surface area contributed by atoms with Crippen LogP contribution in [0.4, 0.5) is 0 Å². The molecule has 332 valence electrons. The molecule has 0 saturated heterocycles. The number of aliphatic hydroxyl groups excluding tert-OH is 2. The van der Waals surface area contributed by atoms with Crippen molar-refractivity contribution in [3.8, 4) is 0 Å². The molecular weight excluding hydrogens is 695 g/mol. The second-order valence-corrected chi connectivity index (χ2v) is 17.1. The minimum atomic E-state index is -0.672. The van der Waals surface area contributed by atoms with Gasteiger partial charge in [0.1, 0.15) is 0 Å². The Morgan fingerprint density at radius 2 is 0.839 bits per heavy atom. The SMILES string of the molecule is CCCCCCCC/C=C\CCCCCCCCCC(=O)OCCCCCCCCCCCCCCC(=O)NC(CO)C(O)CCCCCCCCCCCC. The molecule has 0 rings (SSSR count). The summed E-state index contributed by atoms with van der Waals surface area (Å²) in [5, 5.41) is 23.1. The van der Waals surface area contributed by atoms with Crippen LogP contribution in [0.15, 0.2) is 12.2 Å². The third-order valence-electron chi connectivity index (χ3n) is 11.6. The zero-order chi connectivity index (χ0) is 40.8. The van der Waals surface area contributed by atoms with E-state index >= 15 is 0 Å². The average molecular weight is 792 g/mol. The van der Waals surface area contributed by atoms with Gasteiger partial charge in [-0.05, 0) is 51.4 Å². The van der Waals surface area contributed by atoms with Crippen molar-refractivity contribution in [2.24, 2.45) is 0 Å². The highest BCUT2D eigenvalue weighted by atomic mass is 16.5. The molecule has 6 heteroatoms. The zero-order valence-electron chi connectivity index (χ0n) is 37.6. The molecule has 0 aromatic heterocycles. The minimum Gasteiger partial charge on any atom is -0.466 e. The van der Waals surface area contributed by atoms with Crippen LogP contribution in [0.1, 0.15) is 271 Å². The van der Waals surface area contributed by atoms with E-state index in [1.165, 1.54) is 180 Å². The maximum atomic E-state index is 12.4. The van der Waals surface area contributed by atoms with E-state index < -0.39 is 12.1 Å². The Bertz CT molecular complexity index is 832. The summed E-state index contributed by atoms with van der Waals surface area (Å²) in [4.78, 5) is 24.4. The van der Waals surface area contributed by atoms with E-state index in [0.29, 0.717) is 25.9 Å². The van der Waals surface area contributed by atoms with Gasteiger partial charge in [0.25, 0.3) is 0 Å². The Labute approximate surface area is 349 Å². The summed E-state index contributed by atoms with van der Waals surface area (Å²) in [6.45, 7) is 4.90. The van der Waals surface area contributed by atoms with Crippen LogP contribution in [0.5, 0.6) is 0 Å². The molecule has 0 heterocycles. The summed E-state index contributed by atoms with van der Waals surface area (Å²) < 4.78 is 5.46. The molecule has 0 saturated carbocycles. The Morgan fingerprint density at radius 3 is 1.27 bits per heavy atom. The Hall–Kier alpha value is -1.40. The lowest BCUT2D eigenvalue weighted by atomic mass is 10.0. The largest absolute Gasteiger partial charge is 0.466 e. The first-order chi connectivity index (χ1) is 27.5. The lowest BCUT2D eigenvalue weighted by molar-refractivity contribution is -0.143. The predicted molar refractivity (Wildman–Crippen MR) is 241 cm³/mol. The van der Waals surface area contributed by atoms with E-state index in [2.05, 4.69) is 31.3 Å². The topological polar surface area (TPSA) is 95.9 Å². The fraction of sp³-hybridized carbons (Fsp3) is 0.920. The van der Waals surface area contributed by atoms with E-state index in [1.54, 1.807) is 0 Å². The normalized spacial score (nSPS) is 12.7. The quantitative estimate of drug-likeness (QED) is 0.0324. The second-order valence-electron chi connectivity index (χ2n) is 17.1. The molecule has 0 bridgehead atoms. The third kappa shape index (κ3) is 42.2. The van der Waals surface area contributed by atoms with Gasteiger partial charge in [0.2, 0.25) is 5.91 Å². The Kier molecular flexibility index (Phi) is 45.1. The van der Waals surface area contributed by atoms with Crippen LogP contribution < -0.4 is 5.32 Å². The fourth-order valence-corrected chi connectivity index (χ4v) is 7.69. The van der Waals surface area contributed by atoms with Gasteiger partial charge in [-0.3, -0.25) is 9.59 Å². The number of carbonyl (C=O) groups is 2. The van der Waals surface area contributed by atoms with Gasteiger partial charge >= 0.3 is 5.97 Å². The first kappa shape index (κ1) is 54.6. The molecular formula is C50H97NO5. The van der Waals surface area contributed by atoms with E-state index in [0.717, 1.165) is 57.8 Å². The summed E-state index contributed by atoms with van der Waals surface area (Å²) >= 11 is 0. The number of amides is 1. The second kappa shape index (κ2) is 46.3. The molecule has 0 aliphatic carbocycles. The van der Waals surface area contributed by atoms with Crippen molar-refractivity contribution < 1.29 is 24.5 Å². The average Bonchev–Trinajstić information content (AvgIpc) is 3.20. The number of carbonyl (C=O) groups excluding carboxylic acids is 2. The predicted octanol–water partition coefficient (Wildman–Crippen LogP) is 14.6. The Balaban J connectivity index is 3.43. The van der Waals surface area contributed by atoms with Crippen molar-refractivity contribution >= 4 is 11.9 Å². The van der Waals surface area contributed by atoms with Gasteiger partial charge in [0, 0.05) is 12.8 Å². The van der Waals surface area contributed by atoms with Crippen LogP contribution in [0.2, 0.25) is 0 Å². The van der Waals surface area contributed by atoms with Crippen LogP contribution in [-0.2, 0) is 14.3 Å². The monoisotopic (exact) mass is 792 g/mol. The van der Waals surface area contributed by atoms with Crippen molar-refractivity contribution in [3.05, 3.63) is 12.2 Å². The molecule has 0 radical (unpaired) electrons. The molecule has 0 spiro atoms. The number of esters is 1. The van der Waals surface area contributed by atoms with Gasteiger partial charge in [0.15, 0.2) is 0 Å². The van der Waals surface area contributed by atoms with Gasteiger partial charge in [-0.25, -0.2) is 0 Å². The van der Waals surface area contributed by atoms with E-state index in [1.807, 2.05) is 0 Å². The maximum absolute atomic E-state index is 12.4. The van der Waals surface area contributed by atoms with E-state index in [9.17, 15) is 19.8 Å². The van der Waals surface area contributed by atoms with Crippen molar-refractivity contribution in [1.82, 2.24) is 5.32 Å². The van der Waals surface area contributed by atoms with Gasteiger partial charge in [-0.15, -0.1) is 0 Å². The number of hydrogen-bond donors (Lipinski definition) is 3. The first-order valence-electron chi connectivity index (χ1n) is 24.9. The highest BCUT2D eigenvalue weighted by Crippen LogP contribution is 2.16. The Morgan fingerprint density at radius 1 is 0.482 bits per heavy atom. The van der Waals surface area contributed by atoms with Gasteiger partial charge < -0.3 is 20.3 Å². The van der Waals surface area contributed by atoms with E-state index in [-0.39, 0.29) is 18.5 Å². The van der Waals surface area contributed by atoms with Crippen LogP contribution in [0.25, 0.3) is 0 Å². The molecule has 0 aliphatic heterocycles. The number of hydrogen-bond acceptors (Lipinski definition) is 5. The van der Waals surface area contributed by atoms with Crippen molar-refractivity contribution in [1.29, 1.82) is 0 Å². The third-order valence-corrected chi connectivity index (χ3v) is 11.6. The van der Waals surface area contributed by atoms with Gasteiger partial charge in [0.05, 0.1) is 25.4 Å². The smallest absolute Gasteiger partial charge is 0.305 e. The summed E-state index contributed by atoms with van der Waals surface area (Å²) in [6, 6.07) is -0.550. The fourth-order valence-electron chi connectivity index (χ4n) is 7.69. The van der Waals surface area contributed by atoms with Gasteiger partial charge in [-0.2, -0.15) is 0 Å². The number of unbranched alkanes of at least 4 members (excludes halogenated alkanes) is 33. The number of allylic oxidation sites excluding steroid dienone is 2. The van der Waals surface area contributed by atoms with Crippen LogP contribution in [0.3, 0.4) is 0 Å². The van der Waals surface area contributed by atoms with Crippen molar-refractivity contribution in [3.63, 3.8) is 0 Å². The molecule has 2 unspecified atom stereocenters. The molecule has 0 fully saturated rings. The number of aliphatic hydroxyl groups is 2. The van der Waals surface area contributed by atoms with E-state index in [4.69, 9.17) is 4.74 Å². The highest BCUT2D eigenvalue weighted by Gasteiger charge is 2.20. The van der Waals surface area contributed by atoms with Crippen LogP contribution in [-0.4, -0.2) is 47.4 Å². The molecule has 0 aromatic rings. The van der Waals surface area contributed by atoms with Crippen LogP contribution >= 0.6 is 0 Å². The molecule has 2 atom stereocenters. The molecule has 1 amide bonds. The standard InChI is InChI=1S/C50H97NO5/c1-3-5-7-9-11-13-15-16-17-18-19-20-24-28-32-36-40-44-50(55)56-45-41-37-33-29-25-22-21-23-27-31-35-39-43-49(54)51-47(46-52)48(53)42-38-34-30-26-14-12-10-8-6-4-2/h16-17,47-48,52-53H,3-15,18-46H2,1-2H3,(H,51,54)/b17-16-. The number of rotatable bonds is 46. The molecule has 56 heavy (non-hydrogen) atoms. The summed E-state index contributed by atoms with van der Waals surface area (Å²) in [5.41, 5.74) is 0. The van der Waals surface area contributed by atoms with Gasteiger partial charge in [-0.1, -0.05) is 219 Å². The lowest BCUT2D eigenvalue weighted by Gasteiger charge is -2.22. The summed E-state index contributed by atoms with van der Waals surface area (Å²) in [7, 11) is 0. The molecule has 0 aliphatic rings. The molecule has 6 nitrogen and oxygen atoms in total. The molecule has 3 N–H and O–H groups in total. The number of ether oxygens (including phenoxy) is 1. The number of nitrogens with one attached hydrogen (secondary N) is 1. The maximum Gasteiger partial charge on any atom is 0.305 e. The van der Waals surface area contributed by atoms with Crippen LogP contribution in [0, 0.1) is 0 Å². The van der Waals surface area contributed by atoms with Crippen molar-refractivity contribution in [2.45, 2.75) is 283 Å². The van der Waals surface area contributed by atoms with Crippen molar-refractivity contribution in [2.75, 3.05) is 13.2 Å². The summed E-state index contributed by atoms with van der Waals surface area (Å²) in [6.07, 6.45) is 51.8. The first-order valence-corrected chi connectivity index (χ1v) is 24.9. The minimum absolute atomic E-state index is 0.0128. The summed E-state index contributed by atoms with van der Waals surface area (Å²) in [5.74, 6) is -0.0649. The zero-order valence-corrected chi connectivity index (χ0v) is 37.6. The highest BCUT2D eigenvalue weighted by molar-refractivity contribution is 5.76. The lowest BCUT2D eigenvalue weighted by Crippen LogP contribution is -2.45. The molecule has 0 aromatic carbocycles.